The van der Waals surface area contributed by atoms with Crippen molar-refractivity contribution in [3.63, 3.8) is 0 Å². The van der Waals surface area contributed by atoms with Gasteiger partial charge in [-0.25, -0.2) is 0 Å². The van der Waals surface area contributed by atoms with Gasteiger partial charge in [0.15, 0.2) is 0 Å². The van der Waals surface area contributed by atoms with Crippen LogP contribution < -0.4 is 11.1 Å². The molecule has 0 radical (unpaired) electrons. The van der Waals surface area contributed by atoms with Gasteiger partial charge in [0.25, 0.3) is 5.91 Å². The Morgan fingerprint density at radius 2 is 1.60 bits per heavy atom. The zero-order valence-electron chi connectivity index (χ0n) is 12.6. The highest BCUT2D eigenvalue weighted by Crippen LogP contribution is 2.37. The average molecular weight is 393 g/mol. The number of benzene rings is 1. The normalized spacial score (nSPS) is 20.9. The predicted octanol–water partition coefficient (Wildman–Crippen LogP) is 3.59. The van der Waals surface area contributed by atoms with Crippen LogP contribution in [0.2, 0.25) is 0 Å². The van der Waals surface area contributed by atoms with Crippen LogP contribution in [0.1, 0.15) is 24.0 Å². The molecule has 1 aliphatic heterocycles. The Labute approximate surface area is 145 Å². The Hall–Kier alpha value is -1.52. The molecular formula is C14H15ClF6N2O2. The molecule has 1 aromatic rings. The summed E-state index contributed by atoms with van der Waals surface area (Å²) in [5.74, 6) is -0.807. The Morgan fingerprint density at radius 3 is 2.00 bits per heavy atom. The zero-order valence-corrected chi connectivity index (χ0v) is 13.4. The molecule has 0 saturated carbocycles. The van der Waals surface area contributed by atoms with Crippen molar-refractivity contribution in [2.24, 2.45) is 5.73 Å². The van der Waals surface area contributed by atoms with Gasteiger partial charge in [-0.15, -0.1) is 12.4 Å². The van der Waals surface area contributed by atoms with Crippen LogP contribution in [0.5, 0.6) is 0 Å². The van der Waals surface area contributed by atoms with E-state index in [0.717, 1.165) is 0 Å². The number of carbonyl (C=O) groups is 1. The number of rotatable bonds is 3. The minimum Gasteiger partial charge on any atom is -0.364 e. The van der Waals surface area contributed by atoms with Gasteiger partial charge in [-0.05, 0) is 31.0 Å². The number of hydrogen-bond donors (Lipinski definition) is 2. The third-order valence-corrected chi connectivity index (χ3v) is 3.52. The van der Waals surface area contributed by atoms with Gasteiger partial charge in [-0.2, -0.15) is 26.3 Å². The molecule has 0 spiro atoms. The molecule has 11 heteroatoms. The van der Waals surface area contributed by atoms with Crippen molar-refractivity contribution >= 4 is 24.0 Å². The molecule has 1 amide bonds. The number of nitrogens with one attached hydrogen (secondary N) is 1. The molecule has 0 unspecified atom stereocenters. The first kappa shape index (κ1) is 21.5. The molecule has 1 aliphatic rings. The number of anilines is 1. The highest BCUT2D eigenvalue weighted by atomic mass is 35.5. The van der Waals surface area contributed by atoms with Gasteiger partial charge < -0.3 is 15.8 Å². The lowest BCUT2D eigenvalue weighted by molar-refractivity contribution is -0.143. The smallest absolute Gasteiger partial charge is 0.364 e. The number of hydrogen-bond acceptors (Lipinski definition) is 3. The molecular weight excluding hydrogens is 378 g/mol. The van der Waals surface area contributed by atoms with E-state index >= 15 is 0 Å². The van der Waals surface area contributed by atoms with Gasteiger partial charge in [0, 0.05) is 12.2 Å². The molecule has 1 fully saturated rings. The van der Waals surface area contributed by atoms with Crippen molar-refractivity contribution in [3.8, 4) is 0 Å². The molecule has 4 nitrogen and oxygen atoms in total. The highest BCUT2D eigenvalue weighted by Gasteiger charge is 2.37. The summed E-state index contributed by atoms with van der Waals surface area (Å²) in [5, 5.41) is 2.05. The second-order valence-corrected chi connectivity index (χ2v) is 5.34. The maximum atomic E-state index is 12.8. The van der Waals surface area contributed by atoms with Crippen LogP contribution in [-0.4, -0.2) is 24.7 Å². The van der Waals surface area contributed by atoms with Crippen molar-refractivity contribution in [2.45, 2.75) is 37.4 Å². The summed E-state index contributed by atoms with van der Waals surface area (Å²) in [6.07, 6.45) is -10.5. The van der Waals surface area contributed by atoms with Gasteiger partial charge >= 0.3 is 12.4 Å². The first-order valence-corrected chi connectivity index (χ1v) is 6.96. The lowest BCUT2D eigenvalue weighted by Gasteiger charge is -2.16. The van der Waals surface area contributed by atoms with Crippen molar-refractivity contribution in [1.29, 1.82) is 0 Å². The second kappa shape index (κ2) is 7.79. The zero-order chi connectivity index (χ0) is 18.1. The Morgan fingerprint density at radius 1 is 1.08 bits per heavy atom. The van der Waals surface area contributed by atoms with E-state index in [1.54, 1.807) is 0 Å². The predicted molar refractivity (Wildman–Crippen MR) is 79.3 cm³/mol. The third-order valence-electron chi connectivity index (χ3n) is 3.52. The van der Waals surface area contributed by atoms with Crippen LogP contribution in [0, 0.1) is 0 Å². The Bertz CT molecular complexity index is 588. The summed E-state index contributed by atoms with van der Waals surface area (Å²) in [4.78, 5) is 12.0. The van der Waals surface area contributed by atoms with E-state index in [0.29, 0.717) is 25.0 Å². The fourth-order valence-corrected chi connectivity index (χ4v) is 2.32. The number of nitrogens with two attached hydrogens (primary N) is 1. The maximum Gasteiger partial charge on any atom is 0.416 e. The van der Waals surface area contributed by atoms with Gasteiger partial charge in [0.2, 0.25) is 0 Å². The topological polar surface area (TPSA) is 64.4 Å². The number of ether oxygens (including phenoxy) is 1. The molecule has 1 saturated heterocycles. The fourth-order valence-electron chi connectivity index (χ4n) is 2.32. The monoisotopic (exact) mass is 392 g/mol. The van der Waals surface area contributed by atoms with E-state index in [1.165, 1.54) is 0 Å². The van der Waals surface area contributed by atoms with Crippen LogP contribution in [0.25, 0.3) is 0 Å². The number of alkyl halides is 6. The molecule has 2 rings (SSSR count). The van der Waals surface area contributed by atoms with Crippen molar-refractivity contribution in [3.05, 3.63) is 29.3 Å². The van der Waals surface area contributed by atoms with E-state index in [1.807, 2.05) is 5.32 Å². The minimum absolute atomic E-state index is 0. The standard InChI is InChI=1S/C14H14F6N2O2.ClH/c15-13(16,17)7-3-8(14(18,19)20)5-9(4-7)22-12(23)11-2-1-10(6-21)24-11;/h3-5,10-11H,1-2,6,21H2,(H,22,23);1H/t10-,11+;/m1./s1. The number of carbonyl (C=O) groups excluding carboxylic acids is 1. The summed E-state index contributed by atoms with van der Waals surface area (Å²) < 4.78 is 81.8. The maximum absolute atomic E-state index is 12.8. The summed E-state index contributed by atoms with van der Waals surface area (Å²) in [5.41, 5.74) is 1.78. The van der Waals surface area contributed by atoms with Crippen molar-refractivity contribution in [2.75, 3.05) is 11.9 Å². The van der Waals surface area contributed by atoms with E-state index in [9.17, 15) is 31.1 Å². The van der Waals surface area contributed by atoms with Gasteiger partial charge in [0.1, 0.15) is 6.10 Å². The number of amides is 1. The Kier molecular flexibility index (Phi) is 6.71. The molecule has 0 aromatic heterocycles. The van der Waals surface area contributed by atoms with Gasteiger partial charge in [-0.3, -0.25) is 4.79 Å². The second-order valence-electron chi connectivity index (χ2n) is 5.34. The van der Waals surface area contributed by atoms with Gasteiger partial charge in [-0.1, -0.05) is 0 Å². The molecule has 2 atom stereocenters. The highest BCUT2D eigenvalue weighted by molar-refractivity contribution is 5.94. The lowest BCUT2D eigenvalue weighted by atomic mass is 10.1. The first-order chi connectivity index (χ1) is 11.0. The summed E-state index contributed by atoms with van der Waals surface area (Å²) in [6, 6.07) is 0.886. The Balaban J connectivity index is 0.00000312. The van der Waals surface area contributed by atoms with Crippen LogP contribution >= 0.6 is 12.4 Å². The lowest BCUT2D eigenvalue weighted by Crippen LogP contribution is -2.30. The summed E-state index contributed by atoms with van der Waals surface area (Å²) in [6.45, 7) is 0.172. The molecule has 0 aliphatic carbocycles. The van der Waals surface area contributed by atoms with Crippen molar-refractivity contribution < 1.29 is 35.9 Å². The molecule has 142 valence electrons. The van der Waals surface area contributed by atoms with E-state index in [-0.39, 0.29) is 31.1 Å². The van der Waals surface area contributed by atoms with Crippen LogP contribution in [0.3, 0.4) is 0 Å². The average Bonchev–Trinajstić information content (AvgIpc) is 2.94. The molecule has 25 heavy (non-hydrogen) atoms. The molecule has 3 N–H and O–H groups in total. The molecule has 1 heterocycles. The van der Waals surface area contributed by atoms with Crippen LogP contribution in [-0.2, 0) is 21.9 Å². The molecule has 1 aromatic carbocycles. The largest absolute Gasteiger partial charge is 0.416 e. The van der Waals surface area contributed by atoms with E-state index in [2.05, 4.69) is 0 Å². The van der Waals surface area contributed by atoms with E-state index < -0.39 is 41.2 Å². The third kappa shape index (κ3) is 5.48. The van der Waals surface area contributed by atoms with Crippen LogP contribution in [0.15, 0.2) is 18.2 Å². The summed E-state index contributed by atoms with van der Waals surface area (Å²) >= 11 is 0. The van der Waals surface area contributed by atoms with Crippen molar-refractivity contribution in [1.82, 2.24) is 0 Å². The first-order valence-electron chi connectivity index (χ1n) is 6.96. The fraction of sp³-hybridized carbons (Fsp3) is 0.500. The van der Waals surface area contributed by atoms with Gasteiger partial charge in [0.05, 0.1) is 17.2 Å². The van der Waals surface area contributed by atoms with E-state index in [4.69, 9.17) is 10.5 Å². The quantitative estimate of drug-likeness (QED) is 0.773. The van der Waals surface area contributed by atoms with Crippen LogP contribution in [0.4, 0.5) is 32.0 Å². The molecule has 0 bridgehead atoms. The minimum atomic E-state index is -4.98. The summed E-state index contributed by atoms with van der Waals surface area (Å²) in [7, 11) is 0. The SMILES string of the molecule is Cl.NC[C@H]1CC[C@@H](C(=O)Nc2cc(C(F)(F)F)cc(C(F)(F)F)c2)O1. The number of halogens is 7.